The third-order valence-electron chi connectivity index (χ3n) is 0.441. The van der Waals surface area contributed by atoms with Crippen molar-refractivity contribution in [2.75, 3.05) is 0 Å². The topological polar surface area (TPSA) is 104 Å². The molecule has 0 radical (unpaired) electrons. The minimum absolute atomic E-state index is 0. The average Bonchev–Trinajstić information content (AvgIpc) is 1.64. The van der Waals surface area contributed by atoms with Gasteiger partial charge >= 0.3 is 59.1 Å². The van der Waals surface area contributed by atoms with Gasteiger partial charge in [-0.2, -0.15) is 0 Å². The SMILES string of the molecule is O=S([O-])C(O)C([O-])O.[Na+].[Na+]. The van der Waals surface area contributed by atoms with Crippen LogP contribution in [0.2, 0.25) is 0 Å². The fourth-order valence-corrected chi connectivity index (χ4v) is 0.285. The van der Waals surface area contributed by atoms with Gasteiger partial charge in [0.25, 0.3) is 0 Å². The number of hydrogen-bond acceptors (Lipinski definition) is 5. The predicted molar refractivity (Wildman–Crippen MR) is 20.9 cm³/mol. The minimum atomic E-state index is -2.90. The molecule has 0 bridgehead atoms. The van der Waals surface area contributed by atoms with Crippen molar-refractivity contribution in [2.24, 2.45) is 0 Å². The van der Waals surface area contributed by atoms with E-state index in [4.69, 9.17) is 10.2 Å². The first kappa shape index (κ1) is 17.9. The van der Waals surface area contributed by atoms with Crippen LogP contribution in [0.3, 0.4) is 0 Å². The largest absolute Gasteiger partial charge is 1.00 e. The van der Waals surface area contributed by atoms with E-state index in [1.165, 1.54) is 0 Å². The molecule has 0 rings (SSSR count). The Balaban J connectivity index is -0.000000245. The maximum Gasteiger partial charge on any atom is 1.00 e. The molecule has 10 heavy (non-hydrogen) atoms. The Morgan fingerprint density at radius 1 is 1.30 bits per heavy atom. The van der Waals surface area contributed by atoms with E-state index in [9.17, 15) is 13.9 Å². The molecule has 50 valence electrons. The van der Waals surface area contributed by atoms with E-state index in [2.05, 4.69) is 0 Å². The predicted octanol–water partition coefficient (Wildman–Crippen LogP) is -9.13. The summed E-state index contributed by atoms with van der Waals surface area (Å²) >= 11 is -2.90. The van der Waals surface area contributed by atoms with Crippen molar-refractivity contribution < 1.29 is 83.2 Å². The summed E-state index contributed by atoms with van der Waals surface area (Å²) in [5.74, 6) is 0. The molecule has 0 spiro atoms. The van der Waals surface area contributed by atoms with E-state index < -0.39 is 22.8 Å². The van der Waals surface area contributed by atoms with E-state index in [1.54, 1.807) is 0 Å². The molecule has 0 aromatic rings. The van der Waals surface area contributed by atoms with Crippen LogP contribution in [0.4, 0.5) is 0 Å². The molecule has 0 saturated heterocycles. The van der Waals surface area contributed by atoms with Crippen molar-refractivity contribution in [3.8, 4) is 0 Å². The summed E-state index contributed by atoms with van der Waals surface area (Å²) in [5, 5.41) is 25.4. The van der Waals surface area contributed by atoms with Crippen LogP contribution in [0, 0.1) is 0 Å². The number of aliphatic hydroxyl groups excluding tert-OH is 2. The summed E-state index contributed by atoms with van der Waals surface area (Å²) in [6.45, 7) is 0. The van der Waals surface area contributed by atoms with Crippen molar-refractivity contribution in [1.29, 1.82) is 0 Å². The molecular weight excluding hydrogens is 182 g/mol. The van der Waals surface area contributed by atoms with Crippen LogP contribution in [-0.2, 0) is 11.1 Å². The van der Waals surface area contributed by atoms with Gasteiger partial charge in [-0.1, -0.05) is 0 Å². The standard InChI is InChI=1S/C2H5O5S.2Na/c3-1(4)2(5)8(6)7;;/h1-3,5H,(H,6,7);;/q-1;2*+1/p-1. The van der Waals surface area contributed by atoms with Gasteiger partial charge in [-0.05, 0) is 11.1 Å². The molecule has 0 aliphatic rings. The number of aliphatic hydroxyl groups is 2. The second-order valence-electron chi connectivity index (χ2n) is 1.04. The smallest absolute Gasteiger partial charge is 0.829 e. The molecule has 5 nitrogen and oxygen atoms in total. The van der Waals surface area contributed by atoms with Gasteiger partial charge in [0, 0.05) is 6.29 Å². The van der Waals surface area contributed by atoms with E-state index in [0.717, 1.165) is 0 Å². The molecule has 3 unspecified atom stereocenters. The first-order chi connectivity index (χ1) is 3.55. The first-order valence-electron chi connectivity index (χ1n) is 1.65. The Kier molecular flexibility index (Phi) is 16.3. The summed E-state index contributed by atoms with van der Waals surface area (Å²) in [6, 6.07) is 0. The van der Waals surface area contributed by atoms with Crippen LogP contribution in [0.5, 0.6) is 0 Å². The van der Waals surface area contributed by atoms with E-state index in [-0.39, 0.29) is 59.1 Å². The minimum Gasteiger partial charge on any atom is -0.829 e. The van der Waals surface area contributed by atoms with Crippen LogP contribution < -0.4 is 64.2 Å². The normalized spacial score (nSPS) is 17.6. The summed E-state index contributed by atoms with van der Waals surface area (Å²) < 4.78 is 19.1. The van der Waals surface area contributed by atoms with Gasteiger partial charge in [-0.3, -0.25) is 4.21 Å². The summed E-state index contributed by atoms with van der Waals surface area (Å²) in [5.41, 5.74) is -2.21. The van der Waals surface area contributed by atoms with Gasteiger partial charge in [0.2, 0.25) is 0 Å². The fraction of sp³-hybridized carbons (Fsp3) is 1.00. The zero-order chi connectivity index (χ0) is 6.73. The molecule has 0 fully saturated rings. The number of hydrogen-bond donors (Lipinski definition) is 2. The monoisotopic (exact) mass is 186 g/mol. The molecular formula is C2H4Na2O5S. The number of rotatable bonds is 2. The summed E-state index contributed by atoms with van der Waals surface area (Å²) in [6.07, 6.45) is -2.46. The van der Waals surface area contributed by atoms with Gasteiger partial charge < -0.3 is 19.9 Å². The van der Waals surface area contributed by atoms with E-state index >= 15 is 0 Å². The van der Waals surface area contributed by atoms with Crippen molar-refractivity contribution in [3.63, 3.8) is 0 Å². The van der Waals surface area contributed by atoms with Crippen LogP contribution in [0.15, 0.2) is 0 Å². The van der Waals surface area contributed by atoms with Gasteiger partial charge in [-0.15, -0.1) is 0 Å². The molecule has 0 aliphatic heterocycles. The van der Waals surface area contributed by atoms with Crippen LogP contribution in [0.1, 0.15) is 0 Å². The van der Waals surface area contributed by atoms with Gasteiger partial charge in [0.1, 0.15) is 5.44 Å². The summed E-state index contributed by atoms with van der Waals surface area (Å²) in [7, 11) is 0. The molecule has 0 aliphatic carbocycles. The van der Waals surface area contributed by atoms with Crippen molar-refractivity contribution in [3.05, 3.63) is 0 Å². The quantitative estimate of drug-likeness (QED) is 0.253. The Bertz CT molecular complexity index is 97.6. The zero-order valence-electron chi connectivity index (χ0n) is 5.68. The molecule has 0 aromatic heterocycles. The Hall–Kier alpha value is 1.99. The van der Waals surface area contributed by atoms with Gasteiger partial charge in [-0.25, -0.2) is 0 Å². The van der Waals surface area contributed by atoms with Crippen LogP contribution in [-0.4, -0.2) is 30.7 Å². The molecule has 8 heteroatoms. The van der Waals surface area contributed by atoms with Crippen molar-refractivity contribution in [1.82, 2.24) is 0 Å². The van der Waals surface area contributed by atoms with Gasteiger partial charge in [0.15, 0.2) is 0 Å². The second kappa shape index (κ2) is 9.08. The van der Waals surface area contributed by atoms with E-state index in [0.29, 0.717) is 0 Å². The molecule has 0 heterocycles. The maximum absolute atomic E-state index is 9.58. The first-order valence-corrected chi connectivity index (χ1v) is 2.79. The fourth-order valence-electron chi connectivity index (χ4n) is 0.0951. The third-order valence-corrected chi connectivity index (χ3v) is 1.07. The maximum atomic E-state index is 9.58. The van der Waals surface area contributed by atoms with Crippen molar-refractivity contribution in [2.45, 2.75) is 11.7 Å². The summed E-state index contributed by atoms with van der Waals surface area (Å²) in [4.78, 5) is 0. The zero-order valence-corrected chi connectivity index (χ0v) is 10.5. The van der Waals surface area contributed by atoms with Crippen LogP contribution in [0.25, 0.3) is 0 Å². The molecule has 2 N–H and O–H groups in total. The third kappa shape index (κ3) is 8.09. The average molecular weight is 186 g/mol. The Morgan fingerprint density at radius 2 is 1.60 bits per heavy atom. The Morgan fingerprint density at radius 3 is 1.60 bits per heavy atom. The Labute approximate surface area is 105 Å². The van der Waals surface area contributed by atoms with E-state index in [1.807, 2.05) is 0 Å². The molecule has 0 aromatic carbocycles. The molecule has 0 amide bonds. The molecule has 0 saturated carbocycles. The molecule has 3 atom stereocenters. The second-order valence-corrected chi connectivity index (χ2v) is 2.05. The van der Waals surface area contributed by atoms with Crippen molar-refractivity contribution >= 4 is 11.1 Å². The van der Waals surface area contributed by atoms with Crippen LogP contribution >= 0.6 is 0 Å². The van der Waals surface area contributed by atoms with Gasteiger partial charge in [0.05, 0.1) is 0 Å².